The number of hydrogen-bond donors (Lipinski definition) is 1. The number of amides is 1. The number of halogens is 3. The summed E-state index contributed by atoms with van der Waals surface area (Å²) in [6, 6.07) is 9.43. The first-order chi connectivity index (χ1) is 11.5. The zero-order valence-electron chi connectivity index (χ0n) is 12.9. The Hall–Kier alpha value is -1.98. The van der Waals surface area contributed by atoms with Gasteiger partial charge >= 0.3 is 0 Å². The fourth-order valence-electron chi connectivity index (χ4n) is 1.93. The van der Waals surface area contributed by atoms with Gasteiger partial charge in [0.1, 0.15) is 17.3 Å². The molecule has 0 saturated carbocycles. The van der Waals surface area contributed by atoms with Crippen LogP contribution in [0.4, 0.5) is 4.39 Å². The minimum atomic E-state index is -0.686. The van der Waals surface area contributed by atoms with E-state index in [1.807, 2.05) is 0 Å². The topological polar surface area (TPSA) is 47.6 Å². The van der Waals surface area contributed by atoms with Crippen LogP contribution in [0, 0.1) is 5.82 Å². The molecule has 7 heteroatoms. The van der Waals surface area contributed by atoms with Crippen LogP contribution in [0.1, 0.15) is 16.8 Å². The van der Waals surface area contributed by atoms with Gasteiger partial charge in [0.15, 0.2) is 0 Å². The molecule has 0 aliphatic rings. The van der Waals surface area contributed by atoms with E-state index in [-0.39, 0.29) is 15.6 Å². The van der Waals surface area contributed by atoms with Gasteiger partial charge in [-0.05, 0) is 42.8 Å². The van der Waals surface area contributed by atoms with Crippen molar-refractivity contribution in [1.82, 2.24) is 5.32 Å². The molecule has 4 nitrogen and oxygen atoms in total. The second kappa shape index (κ2) is 8.76. The van der Waals surface area contributed by atoms with Gasteiger partial charge in [-0.25, -0.2) is 4.39 Å². The van der Waals surface area contributed by atoms with E-state index < -0.39 is 11.7 Å². The SMILES string of the molecule is COc1ccc(OCCCNC(=O)c2cc(F)c(Cl)cc2Cl)cc1. The van der Waals surface area contributed by atoms with Gasteiger partial charge in [-0.3, -0.25) is 4.79 Å². The summed E-state index contributed by atoms with van der Waals surface area (Å²) in [5, 5.41) is 2.64. The lowest BCUT2D eigenvalue weighted by Gasteiger charge is -2.09. The number of carbonyl (C=O) groups is 1. The lowest BCUT2D eigenvalue weighted by Crippen LogP contribution is -2.26. The third kappa shape index (κ3) is 5.01. The minimum Gasteiger partial charge on any atom is -0.497 e. The van der Waals surface area contributed by atoms with E-state index in [1.54, 1.807) is 31.4 Å². The third-order valence-electron chi connectivity index (χ3n) is 3.19. The number of ether oxygens (including phenoxy) is 2. The zero-order chi connectivity index (χ0) is 17.5. The number of methoxy groups -OCH3 is 1. The van der Waals surface area contributed by atoms with Crippen LogP contribution in [-0.4, -0.2) is 26.2 Å². The Morgan fingerprint density at radius 3 is 2.46 bits per heavy atom. The lowest BCUT2D eigenvalue weighted by atomic mass is 10.2. The van der Waals surface area contributed by atoms with Crippen molar-refractivity contribution >= 4 is 29.1 Å². The van der Waals surface area contributed by atoms with Crippen molar-refractivity contribution in [3.8, 4) is 11.5 Å². The van der Waals surface area contributed by atoms with E-state index in [0.29, 0.717) is 25.3 Å². The fraction of sp³-hybridized carbons (Fsp3) is 0.235. The molecule has 0 spiro atoms. The third-order valence-corrected chi connectivity index (χ3v) is 3.79. The normalized spacial score (nSPS) is 10.3. The average Bonchev–Trinajstić information content (AvgIpc) is 2.58. The molecule has 0 aliphatic heterocycles. The number of hydrogen-bond acceptors (Lipinski definition) is 3. The highest BCUT2D eigenvalue weighted by atomic mass is 35.5. The summed E-state index contributed by atoms with van der Waals surface area (Å²) in [5.41, 5.74) is 0.0506. The summed E-state index contributed by atoms with van der Waals surface area (Å²) in [7, 11) is 1.59. The Balaban J connectivity index is 1.75. The Bertz CT molecular complexity index is 708. The van der Waals surface area contributed by atoms with Crippen LogP contribution in [0.15, 0.2) is 36.4 Å². The summed E-state index contributed by atoms with van der Waals surface area (Å²) in [4.78, 5) is 12.0. The van der Waals surface area contributed by atoms with E-state index in [9.17, 15) is 9.18 Å². The van der Waals surface area contributed by atoms with Crippen molar-refractivity contribution in [3.05, 3.63) is 57.8 Å². The van der Waals surface area contributed by atoms with Crippen molar-refractivity contribution in [2.45, 2.75) is 6.42 Å². The Morgan fingerprint density at radius 2 is 1.79 bits per heavy atom. The molecule has 128 valence electrons. The van der Waals surface area contributed by atoms with Crippen LogP contribution in [0.5, 0.6) is 11.5 Å². The Kier molecular flexibility index (Phi) is 6.70. The van der Waals surface area contributed by atoms with Crippen molar-refractivity contribution < 1.29 is 18.7 Å². The molecular weight excluding hydrogens is 356 g/mol. The van der Waals surface area contributed by atoms with Crippen LogP contribution in [0.25, 0.3) is 0 Å². The van der Waals surface area contributed by atoms with Crippen LogP contribution in [0.3, 0.4) is 0 Å². The molecule has 0 radical (unpaired) electrons. The van der Waals surface area contributed by atoms with Crippen LogP contribution in [0.2, 0.25) is 10.0 Å². The first kappa shape index (κ1) is 18.4. The summed E-state index contributed by atoms with van der Waals surface area (Å²) in [6.07, 6.45) is 0.589. The number of benzene rings is 2. The van der Waals surface area contributed by atoms with Crippen LogP contribution >= 0.6 is 23.2 Å². The van der Waals surface area contributed by atoms with Crippen LogP contribution in [-0.2, 0) is 0 Å². The molecule has 0 bridgehead atoms. The highest BCUT2D eigenvalue weighted by molar-refractivity contribution is 6.36. The first-order valence-electron chi connectivity index (χ1n) is 7.21. The maximum absolute atomic E-state index is 13.4. The Morgan fingerprint density at radius 1 is 1.12 bits per heavy atom. The summed E-state index contributed by atoms with van der Waals surface area (Å²) in [5.74, 6) is 0.320. The fourth-order valence-corrected chi connectivity index (χ4v) is 2.40. The molecule has 1 amide bonds. The molecule has 2 aromatic carbocycles. The minimum absolute atomic E-state index is 0.0506. The van der Waals surface area contributed by atoms with E-state index >= 15 is 0 Å². The number of rotatable bonds is 7. The predicted molar refractivity (Wildman–Crippen MR) is 91.9 cm³/mol. The van der Waals surface area contributed by atoms with Crippen molar-refractivity contribution in [3.63, 3.8) is 0 Å². The van der Waals surface area contributed by atoms with Gasteiger partial charge in [0.2, 0.25) is 0 Å². The molecule has 2 aromatic rings. The van der Waals surface area contributed by atoms with Crippen molar-refractivity contribution in [2.75, 3.05) is 20.3 Å². The molecular formula is C17H16Cl2FNO3. The molecule has 0 aliphatic carbocycles. The van der Waals surface area contributed by atoms with Crippen LogP contribution < -0.4 is 14.8 Å². The highest BCUT2D eigenvalue weighted by Gasteiger charge is 2.13. The van der Waals surface area contributed by atoms with Gasteiger partial charge in [-0.2, -0.15) is 0 Å². The summed E-state index contributed by atoms with van der Waals surface area (Å²) < 4.78 is 24.0. The van der Waals surface area contributed by atoms with Gasteiger partial charge in [-0.15, -0.1) is 0 Å². The molecule has 0 fully saturated rings. The maximum atomic E-state index is 13.4. The van der Waals surface area contributed by atoms with Gasteiger partial charge < -0.3 is 14.8 Å². The molecule has 0 heterocycles. The van der Waals surface area contributed by atoms with E-state index in [0.717, 1.165) is 11.8 Å². The van der Waals surface area contributed by atoms with E-state index in [2.05, 4.69) is 5.32 Å². The molecule has 0 saturated heterocycles. The van der Waals surface area contributed by atoms with E-state index in [1.165, 1.54) is 6.07 Å². The smallest absolute Gasteiger partial charge is 0.252 e. The molecule has 0 atom stereocenters. The molecule has 2 rings (SSSR count). The summed E-state index contributed by atoms with van der Waals surface area (Å²) >= 11 is 11.5. The molecule has 0 unspecified atom stereocenters. The van der Waals surface area contributed by atoms with Gasteiger partial charge in [0.25, 0.3) is 5.91 Å². The average molecular weight is 372 g/mol. The van der Waals surface area contributed by atoms with Gasteiger partial charge in [0.05, 0.1) is 29.3 Å². The van der Waals surface area contributed by atoms with E-state index in [4.69, 9.17) is 32.7 Å². The van der Waals surface area contributed by atoms with Gasteiger partial charge in [0, 0.05) is 6.54 Å². The van der Waals surface area contributed by atoms with Gasteiger partial charge in [-0.1, -0.05) is 23.2 Å². The molecule has 1 N–H and O–H groups in total. The molecule has 24 heavy (non-hydrogen) atoms. The van der Waals surface area contributed by atoms with Crippen molar-refractivity contribution in [2.24, 2.45) is 0 Å². The number of carbonyl (C=O) groups excluding carboxylic acids is 1. The first-order valence-corrected chi connectivity index (χ1v) is 7.96. The monoisotopic (exact) mass is 371 g/mol. The Labute approximate surface area is 149 Å². The standard InChI is InChI=1S/C17H16Cl2FNO3/c1-23-11-3-5-12(6-4-11)24-8-2-7-21-17(22)13-9-16(20)15(19)10-14(13)18/h3-6,9-10H,2,7-8H2,1H3,(H,21,22). The largest absolute Gasteiger partial charge is 0.497 e. The predicted octanol–water partition coefficient (Wildman–Crippen LogP) is 4.34. The van der Waals surface area contributed by atoms with Crippen molar-refractivity contribution in [1.29, 1.82) is 0 Å². The second-order valence-electron chi connectivity index (χ2n) is 4.88. The molecule has 0 aromatic heterocycles. The zero-order valence-corrected chi connectivity index (χ0v) is 14.5. The quantitative estimate of drug-likeness (QED) is 0.581. The second-order valence-corrected chi connectivity index (χ2v) is 5.69. The highest BCUT2D eigenvalue weighted by Crippen LogP contribution is 2.24. The lowest BCUT2D eigenvalue weighted by molar-refractivity contribution is 0.0951. The maximum Gasteiger partial charge on any atom is 0.252 e. The number of nitrogens with one attached hydrogen (secondary N) is 1. The summed E-state index contributed by atoms with van der Waals surface area (Å²) in [6.45, 7) is 0.797.